The normalized spacial score (nSPS) is 10.3. The van der Waals surface area contributed by atoms with Crippen LogP contribution in [0.4, 0.5) is 0 Å². The van der Waals surface area contributed by atoms with Gasteiger partial charge in [-0.15, -0.1) is 6.58 Å². The van der Waals surface area contributed by atoms with Crippen LogP contribution in [0.5, 0.6) is 11.5 Å². The van der Waals surface area contributed by atoms with Gasteiger partial charge in [-0.2, -0.15) is 0 Å². The summed E-state index contributed by atoms with van der Waals surface area (Å²) in [6.07, 6.45) is 2.20. The van der Waals surface area contributed by atoms with Crippen LogP contribution in [-0.2, 0) is 11.2 Å². The third kappa shape index (κ3) is 4.48. The number of carboxylic acid groups (broad SMARTS) is 1. The molecule has 126 valence electrons. The average Bonchev–Trinajstić information content (AvgIpc) is 2.50. The van der Waals surface area contributed by atoms with Crippen molar-refractivity contribution in [3.63, 3.8) is 0 Å². The maximum Gasteiger partial charge on any atom is 0.323 e. The van der Waals surface area contributed by atoms with Crippen molar-refractivity contribution in [2.75, 3.05) is 20.8 Å². The minimum absolute atomic E-state index is 0.241. The lowest BCUT2D eigenvalue weighted by atomic mass is 10.0. The van der Waals surface area contributed by atoms with E-state index in [9.17, 15) is 9.59 Å². The van der Waals surface area contributed by atoms with Crippen LogP contribution in [0, 0.1) is 0 Å². The lowest BCUT2D eigenvalue weighted by molar-refractivity contribution is -0.138. The second-order valence-corrected chi connectivity index (χ2v) is 5.28. The van der Waals surface area contributed by atoms with Crippen LogP contribution >= 0.6 is 0 Å². The Hall–Kier alpha value is -2.50. The molecule has 1 N–H and O–H groups in total. The van der Waals surface area contributed by atoms with E-state index in [2.05, 4.69) is 6.58 Å². The van der Waals surface area contributed by atoms with E-state index in [0.717, 1.165) is 5.56 Å². The van der Waals surface area contributed by atoms with Crippen LogP contribution in [-0.4, -0.2) is 48.7 Å². The average molecular weight is 321 g/mol. The number of carbonyl (C=O) groups is 2. The summed E-state index contributed by atoms with van der Waals surface area (Å²) < 4.78 is 10.6. The zero-order valence-corrected chi connectivity index (χ0v) is 14.0. The van der Waals surface area contributed by atoms with E-state index in [-0.39, 0.29) is 18.5 Å². The monoisotopic (exact) mass is 321 g/mol. The summed E-state index contributed by atoms with van der Waals surface area (Å²) in [5, 5.41) is 9.00. The van der Waals surface area contributed by atoms with Crippen molar-refractivity contribution < 1.29 is 24.2 Å². The molecule has 0 radical (unpaired) electrons. The number of aliphatic carboxylic acids is 1. The molecule has 0 bridgehead atoms. The Morgan fingerprint density at radius 1 is 1.30 bits per heavy atom. The van der Waals surface area contributed by atoms with Crippen molar-refractivity contribution in [3.8, 4) is 11.5 Å². The van der Waals surface area contributed by atoms with Gasteiger partial charge < -0.3 is 19.5 Å². The fourth-order valence-electron chi connectivity index (χ4n) is 2.27. The predicted octanol–water partition coefficient (Wildman–Crippen LogP) is 2.37. The highest BCUT2D eigenvalue weighted by atomic mass is 16.5. The lowest BCUT2D eigenvalue weighted by Crippen LogP contribution is -2.40. The van der Waals surface area contributed by atoms with Gasteiger partial charge in [0.25, 0.3) is 5.91 Å². The maximum atomic E-state index is 12.7. The Bertz CT molecular complexity index is 595. The molecule has 0 aliphatic rings. The summed E-state index contributed by atoms with van der Waals surface area (Å²) in [4.78, 5) is 25.0. The number of nitrogens with zero attached hydrogens (tertiary/aromatic N) is 1. The smallest absolute Gasteiger partial charge is 0.323 e. The standard InChI is InChI=1S/C17H23NO5/c1-6-7-12-8-13(9-14(22-4)16(12)23-5)17(21)18(11(2)3)10-15(19)20/h6,8-9,11H,1,7,10H2,2-5H3,(H,19,20). The van der Waals surface area contributed by atoms with E-state index in [0.29, 0.717) is 23.5 Å². The number of ether oxygens (including phenoxy) is 2. The second kappa shape index (κ2) is 8.22. The number of benzene rings is 1. The van der Waals surface area contributed by atoms with Crippen molar-refractivity contribution >= 4 is 11.9 Å². The summed E-state index contributed by atoms with van der Waals surface area (Å²) in [6, 6.07) is 3.00. The largest absolute Gasteiger partial charge is 0.493 e. The van der Waals surface area contributed by atoms with Gasteiger partial charge in [0.1, 0.15) is 6.54 Å². The lowest BCUT2D eigenvalue weighted by Gasteiger charge is -2.25. The molecule has 0 aromatic heterocycles. The minimum atomic E-state index is -1.06. The molecule has 1 rings (SSSR count). The molecule has 6 nitrogen and oxygen atoms in total. The molecule has 0 heterocycles. The first-order chi connectivity index (χ1) is 10.8. The molecule has 1 amide bonds. The number of carboxylic acids is 1. The molecule has 0 aliphatic carbocycles. The van der Waals surface area contributed by atoms with Crippen LogP contribution < -0.4 is 9.47 Å². The van der Waals surface area contributed by atoms with Gasteiger partial charge in [-0.1, -0.05) is 6.08 Å². The van der Waals surface area contributed by atoms with Crippen LogP contribution in [0.25, 0.3) is 0 Å². The molecule has 1 aromatic rings. The summed E-state index contributed by atoms with van der Waals surface area (Å²) >= 11 is 0. The van der Waals surface area contributed by atoms with Gasteiger partial charge in [-0.3, -0.25) is 9.59 Å². The van der Waals surface area contributed by atoms with Crippen LogP contribution in [0.2, 0.25) is 0 Å². The van der Waals surface area contributed by atoms with E-state index in [4.69, 9.17) is 14.6 Å². The van der Waals surface area contributed by atoms with E-state index < -0.39 is 5.97 Å². The number of amides is 1. The van der Waals surface area contributed by atoms with E-state index in [1.807, 2.05) is 0 Å². The molecule has 6 heteroatoms. The first-order valence-corrected chi connectivity index (χ1v) is 7.24. The van der Waals surface area contributed by atoms with Crippen molar-refractivity contribution in [2.24, 2.45) is 0 Å². The molecule has 1 aromatic carbocycles. The molecule has 0 atom stereocenters. The SMILES string of the molecule is C=CCc1cc(C(=O)N(CC(=O)O)C(C)C)cc(OC)c1OC. The van der Waals surface area contributed by atoms with Crippen LogP contribution in [0.15, 0.2) is 24.8 Å². The molecule has 0 saturated carbocycles. The molecule has 0 aliphatic heterocycles. The van der Waals surface area contributed by atoms with Gasteiger partial charge in [-0.25, -0.2) is 0 Å². The van der Waals surface area contributed by atoms with Crippen molar-refractivity contribution in [3.05, 3.63) is 35.9 Å². The quantitative estimate of drug-likeness (QED) is 0.744. The summed E-state index contributed by atoms with van der Waals surface area (Å²) in [6.45, 7) is 6.88. The zero-order valence-electron chi connectivity index (χ0n) is 14.0. The number of rotatable bonds is 8. The predicted molar refractivity (Wildman–Crippen MR) is 87.3 cm³/mol. The summed E-state index contributed by atoms with van der Waals surface area (Å²) in [5.74, 6) is -0.458. The van der Waals surface area contributed by atoms with E-state index in [1.165, 1.54) is 19.1 Å². The van der Waals surface area contributed by atoms with Gasteiger partial charge in [-0.05, 0) is 32.4 Å². The number of allylic oxidation sites excluding steroid dienone is 1. The number of methoxy groups -OCH3 is 2. The van der Waals surface area contributed by atoms with Crippen molar-refractivity contribution in [1.29, 1.82) is 0 Å². The first kappa shape index (κ1) is 18.5. The van der Waals surface area contributed by atoms with E-state index >= 15 is 0 Å². The number of hydrogen-bond donors (Lipinski definition) is 1. The van der Waals surface area contributed by atoms with Crippen molar-refractivity contribution in [1.82, 2.24) is 4.90 Å². The fraction of sp³-hybridized carbons (Fsp3) is 0.412. The highest BCUT2D eigenvalue weighted by Crippen LogP contribution is 2.33. The topological polar surface area (TPSA) is 76.1 Å². The molecule has 0 fully saturated rings. The second-order valence-electron chi connectivity index (χ2n) is 5.28. The third-order valence-electron chi connectivity index (χ3n) is 3.36. The van der Waals surface area contributed by atoms with Crippen LogP contribution in [0.3, 0.4) is 0 Å². The van der Waals surface area contributed by atoms with Crippen LogP contribution in [0.1, 0.15) is 29.8 Å². The molecule has 23 heavy (non-hydrogen) atoms. The van der Waals surface area contributed by atoms with Gasteiger partial charge in [0.2, 0.25) is 0 Å². The Morgan fingerprint density at radius 2 is 1.96 bits per heavy atom. The zero-order chi connectivity index (χ0) is 17.6. The third-order valence-corrected chi connectivity index (χ3v) is 3.36. The minimum Gasteiger partial charge on any atom is -0.493 e. The highest BCUT2D eigenvalue weighted by Gasteiger charge is 2.23. The van der Waals surface area contributed by atoms with E-state index in [1.54, 1.807) is 32.1 Å². The Labute approximate surface area is 136 Å². The summed E-state index contributed by atoms with van der Waals surface area (Å²) in [7, 11) is 3.01. The van der Waals surface area contributed by atoms with Gasteiger partial charge >= 0.3 is 5.97 Å². The Morgan fingerprint density at radius 3 is 2.39 bits per heavy atom. The van der Waals surface area contributed by atoms with Gasteiger partial charge in [0.15, 0.2) is 11.5 Å². The molecule has 0 spiro atoms. The Balaban J connectivity index is 3.34. The maximum absolute atomic E-state index is 12.7. The first-order valence-electron chi connectivity index (χ1n) is 7.24. The molecular weight excluding hydrogens is 298 g/mol. The highest BCUT2D eigenvalue weighted by molar-refractivity contribution is 5.97. The summed E-state index contributed by atoms with van der Waals surface area (Å²) in [5.41, 5.74) is 1.11. The Kier molecular flexibility index (Phi) is 6.63. The molecular formula is C17H23NO5. The molecule has 0 unspecified atom stereocenters. The number of carbonyl (C=O) groups excluding carboxylic acids is 1. The molecule has 0 saturated heterocycles. The number of hydrogen-bond acceptors (Lipinski definition) is 4. The van der Waals surface area contributed by atoms with Gasteiger partial charge in [0, 0.05) is 17.2 Å². The van der Waals surface area contributed by atoms with Gasteiger partial charge in [0.05, 0.1) is 14.2 Å². The van der Waals surface area contributed by atoms with Crippen molar-refractivity contribution in [2.45, 2.75) is 26.3 Å². The fourth-order valence-corrected chi connectivity index (χ4v) is 2.27.